The number of rotatable bonds is 4. The molecule has 2 heterocycles. The molecule has 6 heteroatoms. The molecule has 0 saturated carbocycles. The van der Waals surface area contributed by atoms with Crippen molar-refractivity contribution in [3.63, 3.8) is 0 Å². The van der Waals surface area contributed by atoms with Crippen LogP contribution in [0.3, 0.4) is 0 Å². The lowest BCUT2D eigenvalue weighted by Crippen LogP contribution is -2.39. The Morgan fingerprint density at radius 2 is 2.04 bits per heavy atom. The van der Waals surface area contributed by atoms with Crippen molar-refractivity contribution in [3.05, 3.63) is 59.9 Å². The van der Waals surface area contributed by atoms with E-state index in [-0.39, 0.29) is 11.8 Å². The number of likely N-dealkylation sites (tertiary alicyclic amines) is 1. The maximum Gasteiger partial charge on any atom is 0.253 e. The van der Waals surface area contributed by atoms with Crippen LogP contribution in [0.2, 0.25) is 0 Å². The summed E-state index contributed by atoms with van der Waals surface area (Å²) in [6.07, 6.45) is 2.58. The predicted octanol–water partition coefficient (Wildman–Crippen LogP) is 3.15. The van der Waals surface area contributed by atoms with Gasteiger partial charge in [0.1, 0.15) is 11.3 Å². The third-order valence-electron chi connectivity index (χ3n) is 4.86. The molecule has 2 amide bonds. The Kier molecular flexibility index (Phi) is 4.39. The number of H-pyrrole nitrogens is 1. The zero-order chi connectivity index (χ0) is 17.9. The predicted molar refractivity (Wildman–Crippen MR) is 100 cm³/mol. The Hall–Kier alpha value is -3.15. The molecule has 26 heavy (non-hydrogen) atoms. The molecule has 1 atom stereocenters. The molecule has 1 aliphatic rings. The van der Waals surface area contributed by atoms with Gasteiger partial charge in [-0.2, -0.15) is 0 Å². The molecule has 0 radical (unpaired) electrons. The number of aromatic nitrogens is 2. The molecule has 0 bridgehead atoms. The zero-order valence-corrected chi connectivity index (χ0v) is 14.3. The average molecular weight is 348 g/mol. The van der Waals surface area contributed by atoms with E-state index >= 15 is 0 Å². The number of nitrogens with zero attached hydrogens (tertiary/aromatic N) is 2. The van der Waals surface area contributed by atoms with Gasteiger partial charge in [-0.3, -0.25) is 9.59 Å². The maximum absolute atomic E-state index is 12.7. The van der Waals surface area contributed by atoms with Gasteiger partial charge in [-0.25, -0.2) is 4.98 Å². The number of piperidine rings is 1. The van der Waals surface area contributed by atoms with Gasteiger partial charge in [0, 0.05) is 24.6 Å². The third kappa shape index (κ3) is 3.06. The SMILES string of the molecule is O=CNc1cccc2[nH]c(C3CCCN(C(=O)c4ccccc4)C3)nc12. The first kappa shape index (κ1) is 16.3. The van der Waals surface area contributed by atoms with Crippen molar-refractivity contribution >= 4 is 29.0 Å². The molecule has 2 N–H and O–H groups in total. The largest absolute Gasteiger partial charge is 0.342 e. The number of hydrogen-bond donors (Lipinski definition) is 2. The minimum absolute atomic E-state index is 0.0646. The molecule has 4 rings (SSSR count). The lowest BCUT2D eigenvalue weighted by Gasteiger charge is -2.32. The fourth-order valence-corrected chi connectivity index (χ4v) is 3.57. The Morgan fingerprint density at radius 3 is 2.85 bits per heavy atom. The van der Waals surface area contributed by atoms with Crippen LogP contribution in [0.4, 0.5) is 5.69 Å². The van der Waals surface area contributed by atoms with Crippen molar-refractivity contribution in [3.8, 4) is 0 Å². The van der Waals surface area contributed by atoms with Crippen molar-refractivity contribution < 1.29 is 9.59 Å². The van der Waals surface area contributed by atoms with Gasteiger partial charge in [-0.05, 0) is 37.1 Å². The van der Waals surface area contributed by atoms with Crippen molar-refractivity contribution in [2.45, 2.75) is 18.8 Å². The number of fused-ring (bicyclic) bond motifs is 1. The number of benzene rings is 2. The van der Waals surface area contributed by atoms with Gasteiger partial charge in [0.25, 0.3) is 5.91 Å². The van der Waals surface area contributed by atoms with E-state index in [1.807, 2.05) is 53.4 Å². The van der Waals surface area contributed by atoms with Crippen LogP contribution in [0.5, 0.6) is 0 Å². The van der Waals surface area contributed by atoms with Crippen LogP contribution in [-0.2, 0) is 4.79 Å². The summed E-state index contributed by atoms with van der Waals surface area (Å²) in [5, 5.41) is 2.69. The second kappa shape index (κ2) is 7.00. The molecular weight excluding hydrogens is 328 g/mol. The molecular formula is C20H20N4O2. The van der Waals surface area contributed by atoms with Gasteiger partial charge in [-0.1, -0.05) is 24.3 Å². The number of carbonyl (C=O) groups is 2. The highest BCUT2D eigenvalue weighted by Gasteiger charge is 2.27. The van der Waals surface area contributed by atoms with E-state index in [0.717, 1.165) is 41.8 Å². The molecule has 2 aromatic carbocycles. The molecule has 1 fully saturated rings. The monoisotopic (exact) mass is 348 g/mol. The Labute approximate surface area is 151 Å². The van der Waals surface area contributed by atoms with E-state index in [1.165, 1.54) is 0 Å². The normalized spacial score (nSPS) is 17.2. The quantitative estimate of drug-likeness (QED) is 0.711. The number of carbonyl (C=O) groups excluding carboxylic acids is 2. The summed E-state index contributed by atoms with van der Waals surface area (Å²) in [4.78, 5) is 33.5. The van der Waals surface area contributed by atoms with Gasteiger partial charge < -0.3 is 15.2 Å². The summed E-state index contributed by atoms with van der Waals surface area (Å²) < 4.78 is 0. The molecule has 6 nitrogen and oxygen atoms in total. The zero-order valence-electron chi connectivity index (χ0n) is 14.3. The number of hydrogen-bond acceptors (Lipinski definition) is 3. The number of nitrogens with one attached hydrogen (secondary N) is 2. The Balaban J connectivity index is 1.58. The lowest BCUT2D eigenvalue weighted by molar-refractivity contribution is -0.105. The molecule has 1 aromatic heterocycles. The van der Waals surface area contributed by atoms with Gasteiger partial charge in [-0.15, -0.1) is 0 Å². The van der Waals surface area contributed by atoms with Crippen molar-refractivity contribution in [2.24, 2.45) is 0 Å². The number of imidazole rings is 1. The molecule has 3 aromatic rings. The number of aromatic amines is 1. The summed E-state index contributed by atoms with van der Waals surface area (Å²) in [6, 6.07) is 15.0. The van der Waals surface area contributed by atoms with Crippen LogP contribution in [-0.4, -0.2) is 40.3 Å². The Bertz CT molecular complexity index is 935. The van der Waals surface area contributed by atoms with E-state index in [2.05, 4.69) is 10.3 Å². The smallest absolute Gasteiger partial charge is 0.253 e. The van der Waals surface area contributed by atoms with E-state index in [4.69, 9.17) is 4.98 Å². The first-order valence-electron chi connectivity index (χ1n) is 8.79. The Morgan fingerprint density at radius 1 is 1.19 bits per heavy atom. The van der Waals surface area contributed by atoms with Crippen molar-refractivity contribution in [1.82, 2.24) is 14.9 Å². The van der Waals surface area contributed by atoms with E-state index in [9.17, 15) is 9.59 Å². The number of amides is 2. The molecule has 1 aliphatic heterocycles. The van der Waals surface area contributed by atoms with Gasteiger partial charge in [0.05, 0.1) is 11.2 Å². The van der Waals surface area contributed by atoms with Crippen LogP contribution >= 0.6 is 0 Å². The van der Waals surface area contributed by atoms with E-state index < -0.39 is 0 Å². The molecule has 0 aliphatic carbocycles. The maximum atomic E-state index is 12.7. The van der Waals surface area contributed by atoms with Gasteiger partial charge in [0.15, 0.2) is 0 Å². The van der Waals surface area contributed by atoms with Crippen LogP contribution in [0, 0.1) is 0 Å². The van der Waals surface area contributed by atoms with Crippen LogP contribution in [0.15, 0.2) is 48.5 Å². The minimum atomic E-state index is 0.0646. The summed E-state index contributed by atoms with van der Waals surface area (Å²) >= 11 is 0. The number of para-hydroxylation sites is 1. The van der Waals surface area contributed by atoms with E-state index in [0.29, 0.717) is 18.6 Å². The first-order valence-corrected chi connectivity index (χ1v) is 8.79. The lowest BCUT2D eigenvalue weighted by atomic mass is 9.96. The summed E-state index contributed by atoms with van der Waals surface area (Å²) in [6.45, 7) is 1.41. The van der Waals surface area contributed by atoms with Crippen LogP contribution in [0.1, 0.15) is 34.9 Å². The molecule has 132 valence electrons. The minimum Gasteiger partial charge on any atom is -0.342 e. The van der Waals surface area contributed by atoms with Crippen molar-refractivity contribution in [2.75, 3.05) is 18.4 Å². The number of anilines is 1. The summed E-state index contributed by atoms with van der Waals surface area (Å²) in [7, 11) is 0. The standard InChI is InChI=1S/C20H20N4O2/c25-13-21-16-9-4-10-17-18(16)23-19(22-17)15-8-5-11-24(12-15)20(26)14-6-2-1-3-7-14/h1-4,6-7,9-10,13,15H,5,8,11-12H2,(H,21,25)(H,22,23). The van der Waals surface area contributed by atoms with Crippen molar-refractivity contribution in [1.29, 1.82) is 0 Å². The van der Waals surface area contributed by atoms with Crippen LogP contribution in [0.25, 0.3) is 11.0 Å². The fraction of sp³-hybridized carbons (Fsp3) is 0.250. The molecule has 1 saturated heterocycles. The summed E-state index contributed by atoms with van der Waals surface area (Å²) in [5.74, 6) is 1.09. The second-order valence-electron chi connectivity index (χ2n) is 6.54. The second-order valence-corrected chi connectivity index (χ2v) is 6.54. The average Bonchev–Trinajstić information content (AvgIpc) is 3.14. The summed E-state index contributed by atoms with van der Waals surface area (Å²) in [5.41, 5.74) is 3.04. The van der Waals surface area contributed by atoms with Gasteiger partial charge in [0.2, 0.25) is 6.41 Å². The highest BCUT2D eigenvalue weighted by molar-refractivity contribution is 5.94. The highest BCUT2D eigenvalue weighted by Crippen LogP contribution is 2.29. The topological polar surface area (TPSA) is 78.1 Å². The first-order chi connectivity index (χ1) is 12.8. The molecule has 1 unspecified atom stereocenters. The fourth-order valence-electron chi connectivity index (χ4n) is 3.57. The van der Waals surface area contributed by atoms with Gasteiger partial charge >= 0.3 is 0 Å². The van der Waals surface area contributed by atoms with Crippen LogP contribution < -0.4 is 5.32 Å². The third-order valence-corrected chi connectivity index (χ3v) is 4.86. The molecule has 0 spiro atoms. The highest BCUT2D eigenvalue weighted by atomic mass is 16.2. The van der Waals surface area contributed by atoms with E-state index in [1.54, 1.807) is 0 Å².